The van der Waals surface area contributed by atoms with Gasteiger partial charge in [-0.2, -0.15) is 13.2 Å². The van der Waals surface area contributed by atoms with Gasteiger partial charge in [-0.3, -0.25) is 0 Å². The molecule has 0 aliphatic heterocycles. The van der Waals surface area contributed by atoms with E-state index in [1.54, 1.807) is 30.3 Å². The van der Waals surface area contributed by atoms with Crippen LogP contribution in [0, 0.1) is 0 Å². The van der Waals surface area contributed by atoms with Crippen molar-refractivity contribution in [2.75, 3.05) is 31.8 Å². The van der Waals surface area contributed by atoms with Gasteiger partial charge in [-0.1, -0.05) is 12.1 Å². The second-order valence-electron chi connectivity index (χ2n) is 8.95. The van der Waals surface area contributed by atoms with Crippen LogP contribution in [-0.4, -0.2) is 38.4 Å². The van der Waals surface area contributed by atoms with Crippen LogP contribution in [0.1, 0.15) is 40.7 Å². The largest absolute Gasteiger partial charge is 0.494 e. The van der Waals surface area contributed by atoms with Crippen molar-refractivity contribution in [1.29, 1.82) is 0 Å². The molecule has 3 rings (SSSR count). The van der Waals surface area contributed by atoms with Crippen LogP contribution < -0.4 is 25.7 Å². The monoisotopic (exact) mass is 572 g/mol. The van der Waals surface area contributed by atoms with Gasteiger partial charge >= 0.3 is 18.1 Å². The lowest BCUT2D eigenvalue weighted by Gasteiger charge is -2.11. The fraction of sp³-hybridized carbons (Fsp3) is 0.267. The van der Waals surface area contributed by atoms with Crippen molar-refractivity contribution in [2.45, 2.75) is 31.9 Å². The molecule has 218 valence electrons. The number of benzene rings is 3. The molecule has 11 heteroatoms. The van der Waals surface area contributed by atoms with Crippen molar-refractivity contribution in [1.82, 2.24) is 0 Å². The molecule has 3 aromatic carbocycles. The number of carbonyl (C=O) groups is 2. The molecular weight excluding hydrogens is 541 g/mol. The second kappa shape index (κ2) is 14.6. The summed E-state index contributed by atoms with van der Waals surface area (Å²) in [5.74, 6) is -0.319. The number of nitrogens with two attached hydrogens (primary N) is 2. The summed E-state index contributed by atoms with van der Waals surface area (Å²) >= 11 is 0. The molecule has 0 radical (unpaired) electrons. The summed E-state index contributed by atoms with van der Waals surface area (Å²) in [6.07, 6.45) is -1.53. The summed E-state index contributed by atoms with van der Waals surface area (Å²) in [4.78, 5) is 24.7. The average molecular weight is 573 g/mol. The Morgan fingerprint density at radius 2 is 1.66 bits per heavy atom. The SMILES string of the molecule is COc1cc(/C=C/C(=O)OCCc2ccc(N)cc2N)ccc1OC(=O)c1ccc(OCCCCC(F)(F)F)cc1. The highest BCUT2D eigenvalue weighted by atomic mass is 19.4. The van der Waals surface area contributed by atoms with E-state index >= 15 is 0 Å². The van der Waals surface area contributed by atoms with Gasteiger partial charge in [0.1, 0.15) is 5.75 Å². The fourth-order valence-corrected chi connectivity index (χ4v) is 3.65. The lowest BCUT2D eigenvalue weighted by molar-refractivity contribution is -0.138. The van der Waals surface area contributed by atoms with Crippen LogP contribution in [-0.2, 0) is 16.0 Å². The minimum absolute atomic E-state index is 0.0182. The zero-order valence-corrected chi connectivity index (χ0v) is 22.4. The third-order valence-electron chi connectivity index (χ3n) is 5.80. The number of alkyl halides is 3. The highest BCUT2D eigenvalue weighted by molar-refractivity contribution is 5.91. The quantitative estimate of drug-likeness (QED) is 0.0842. The minimum atomic E-state index is -4.18. The first-order chi connectivity index (χ1) is 19.5. The van der Waals surface area contributed by atoms with E-state index in [9.17, 15) is 22.8 Å². The number of ether oxygens (including phenoxy) is 4. The minimum Gasteiger partial charge on any atom is -0.494 e. The highest BCUT2D eigenvalue weighted by Gasteiger charge is 2.25. The summed E-state index contributed by atoms with van der Waals surface area (Å²) in [5, 5.41) is 0. The molecule has 0 fully saturated rings. The van der Waals surface area contributed by atoms with Gasteiger partial charge in [-0.05, 0) is 78.6 Å². The molecule has 0 aliphatic rings. The zero-order valence-electron chi connectivity index (χ0n) is 22.4. The molecule has 0 aromatic heterocycles. The highest BCUT2D eigenvalue weighted by Crippen LogP contribution is 2.30. The third-order valence-corrected chi connectivity index (χ3v) is 5.80. The number of carbonyl (C=O) groups excluding carboxylic acids is 2. The van der Waals surface area contributed by atoms with Gasteiger partial charge in [-0.15, -0.1) is 0 Å². The smallest absolute Gasteiger partial charge is 0.389 e. The summed E-state index contributed by atoms with van der Waals surface area (Å²) in [6, 6.07) is 16.0. The predicted molar refractivity (Wildman–Crippen MR) is 149 cm³/mol. The van der Waals surface area contributed by atoms with E-state index in [0.717, 1.165) is 5.56 Å². The number of methoxy groups -OCH3 is 1. The van der Waals surface area contributed by atoms with E-state index in [2.05, 4.69) is 0 Å². The van der Waals surface area contributed by atoms with Gasteiger partial charge in [-0.25, -0.2) is 9.59 Å². The van der Waals surface area contributed by atoms with Crippen LogP contribution in [0.15, 0.2) is 66.7 Å². The molecule has 0 bridgehead atoms. The van der Waals surface area contributed by atoms with E-state index in [0.29, 0.717) is 29.1 Å². The van der Waals surface area contributed by atoms with Crippen molar-refractivity contribution >= 4 is 29.4 Å². The lowest BCUT2D eigenvalue weighted by Crippen LogP contribution is -2.09. The Balaban J connectivity index is 1.49. The Kier molecular flexibility index (Phi) is 11.0. The average Bonchev–Trinajstić information content (AvgIpc) is 2.93. The Morgan fingerprint density at radius 3 is 2.34 bits per heavy atom. The molecule has 8 nitrogen and oxygen atoms in total. The predicted octanol–water partition coefficient (Wildman–Crippen LogP) is 5.99. The van der Waals surface area contributed by atoms with Crippen LogP contribution >= 0.6 is 0 Å². The molecule has 0 spiro atoms. The number of unbranched alkanes of at least 4 members (excludes halogenated alkanes) is 1. The van der Waals surface area contributed by atoms with Gasteiger partial charge < -0.3 is 30.4 Å². The number of rotatable bonds is 13. The summed E-state index contributed by atoms with van der Waals surface area (Å²) in [6.45, 7) is 0.277. The van der Waals surface area contributed by atoms with E-state index in [-0.39, 0.29) is 43.1 Å². The molecule has 0 atom stereocenters. The van der Waals surface area contributed by atoms with Crippen LogP contribution in [0.25, 0.3) is 6.08 Å². The topological polar surface area (TPSA) is 123 Å². The fourth-order valence-electron chi connectivity index (χ4n) is 3.65. The van der Waals surface area contributed by atoms with Crippen molar-refractivity contribution in [3.8, 4) is 17.2 Å². The molecule has 0 saturated carbocycles. The van der Waals surface area contributed by atoms with Gasteiger partial charge in [0.15, 0.2) is 11.5 Å². The van der Waals surface area contributed by atoms with Gasteiger partial charge in [0.2, 0.25) is 0 Å². The zero-order chi connectivity index (χ0) is 29.8. The van der Waals surface area contributed by atoms with Gasteiger partial charge in [0, 0.05) is 30.3 Å². The maximum atomic E-state index is 12.6. The van der Waals surface area contributed by atoms with E-state index < -0.39 is 24.5 Å². The molecule has 41 heavy (non-hydrogen) atoms. The van der Waals surface area contributed by atoms with Crippen LogP contribution in [0.3, 0.4) is 0 Å². The molecule has 3 aromatic rings. The second-order valence-corrected chi connectivity index (χ2v) is 8.95. The number of halogens is 3. The Labute approximate surface area is 235 Å². The van der Waals surface area contributed by atoms with Gasteiger partial charge in [0.05, 0.1) is 25.9 Å². The summed E-state index contributed by atoms with van der Waals surface area (Å²) < 4.78 is 58.0. The van der Waals surface area contributed by atoms with Crippen molar-refractivity contribution in [3.05, 3.63) is 83.4 Å². The standard InChI is InChI=1S/C30H31F3N2O6/c1-38-27-18-20(5-13-28(36)40-17-14-21-6-9-23(34)19-25(21)35)4-12-26(27)41-29(37)22-7-10-24(11-8-22)39-16-3-2-15-30(31,32)33/h4-13,18-19H,2-3,14-17,34-35H2,1H3/b13-5+. The van der Waals surface area contributed by atoms with Gasteiger partial charge in [0.25, 0.3) is 0 Å². The molecule has 0 heterocycles. The summed E-state index contributed by atoms with van der Waals surface area (Å²) in [5.41, 5.74) is 14.4. The first-order valence-electron chi connectivity index (χ1n) is 12.7. The maximum absolute atomic E-state index is 12.6. The van der Waals surface area contributed by atoms with E-state index in [4.69, 9.17) is 30.4 Å². The number of hydrogen-bond donors (Lipinski definition) is 2. The third kappa shape index (κ3) is 10.4. The van der Waals surface area contributed by atoms with E-state index in [1.807, 2.05) is 0 Å². The molecule has 0 amide bonds. The van der Waals surface area contributed by atoms with Crippen LogP contribution in [0.5, 0.6) is 17.2 Å². The number of nitrogen functional groups attached to an aromatic ring is 2. The maximum Gasteiger partial charge on any atom is 0.389 e. The molecule has 0 aliphatic carbocycles. The lowest BCUT2D eigenvalue weighted by atomic mass is 10.1. The number of esters is 2. The number of hydrogen-bond acceptors (Lipinski definition) is 8. The Hall–Kier alpha value is -4.67. The molecule has 4 N–H and O–H groups in total. The van der Waals surface area contributed by atoms with Crippen molar-refractivity contribution < 1.29 is 41.7 Å². The number of anilines is 2. The van der Waals surface area contributed by atoms with Crippen LogP contribution in [0.4, 0.5) is 24.5 Å². The van der Waals surface area contributed by atoms with Crippen LogP contribution in [0.2, 0.25) is 0 Å². The molecule has 0 saturated heterocycles. The Morgan fingerprint density at radius 1 is 0.902 bits per heavy atom. The first-order valence-corrected chi connectivity index (χ1v) is 12.7. The van der Waals surface area contributed by atoms with E-state index in [1.165, 1.54) is 49.6 Å². The Bertz CT molecular complexity index is 1360. The molecule has 0 unspecified atom stereocenters. The first kappa shape index (κ1) is 30.9. The molecular formula is C30H31F3N2O6. The van der Waals surface area contributed by atoms with Crippen molar-refractivity contribution in [3.63, 3.8) is 0 Å². The van der Waals surface area contributed by atoms with Crippen molar-refractivity contribution in [2.24, 2.45) is 0 Å². The normalized spacial score (nSPS) is 11.3. The summed E-state index contributed by atoms with van der Waals surface area (Å²) in [7, 11) is 1.41.